The molecular weight excluding hydrogens is 196 g/mol. The molecule has 14 heavy (non-hydrogen) atoms. The molecule has 0 amide bonds. The van der Waals surface area contributed by atoms with Crippen LogP contribution in [0.1, 0.15) is 32.1 Å². The van der Waals surface area contributed by atoms with Gasteiger partial charge in [0, 0.05) is 34.9 Å². The summed E-state index contributed by atoms with van der Waals surface area (Å²) in [7, 11) is -0.644. The Bertz CT molecular complexity index is 187. The number of nitrogens with two attached hydrogens (primary N) is 1. The van der Waals surface area contributed by atoms with Crippen molar-refractivity contribution in [2.24, 2.45) is 5.73 Å². The van der Waals surface area contributed by atoms with Crippen LogP contribution in [0.3, 0.4) is 0 Å². The summed E-state index contributed by atoms with van der Waals surface area (Å²) in [4.78, 5) is 0. The fourth-order valence-electron chi connectivity index (χ4n) is 1.99. The van der Waals surface area contributed by atoms with Gasteiger partial charge in [-0.2, -0.15) is 0 Å². The molecule has 0 radical (unpaired) electrons. The lowest BCUT2D eigenvalue weighted by molar-refractivity contribution is 0.340. The highest BCUT2D eigenvalue weighted by atomic mass is 32.2. The van der Waals surface area contributed by atoms with Gasteiger partial charge in [0.15, 0.2) is 0 Å². The minimum atomic E-state index is -0.644. The van der Waals surface area contributed by atoms with E-state index in [2.05, 4.69) is 5.32 Å². The van der Waals surface area contributed by atoms with Gasteiger partial charge in [0.2, 0.25) is 0 Å². The smallest absolute Gasteiger partial charge is 0.0244 e. The van der Waals surface area contributed by atoms with E-state index in [1.807, 2.05) is 0 Å². The summed E-state index contributed by atoms with van der Waals surface area (Å²) in [5.41, 5.74) is 5.89. The van der Waals surface area contributed by atoms with Crippen LogP contribution < -0.4 is 11.1 Å². The monoisotopic (exact) mass is 218 g/mol. The summed E-state index contributed by atoms with van der Waals surface area (Å²) in [6.07, 6.45) is 7.55. The molecule has 4 heteroatoms. The molecule has 1 fully saturated rings. The third kappa shape index (κ3) is 5.08. The van der Waals surface area contributed by atoms with E-state index in [0.29, 0.717) is 12.1 Å². The Morgan fingerprint density at radius 1 is 1.50 bits per heavy atom. The molecule has 0 spiro atoms. The maximum Gasteiger partial charge on any atom is 0.0244 e. The lowest BCUT2D eigenvalue weighted by atomic mass is 9.92. The first kappa shape index (κ1) is 12.1. The van der Waals surface area contributed by atoms with Gasteiger partial charge in [-0.3, -0.25) is 4.21 Å². The first-order valence-electron chi connectivity index (χ1n) is 5.47. The van der Waals surface area contributed by atoms with Gasteiger partial charge in [0.1, 0.15) is 0 Å². The highest BCUT2D eigenvalue weighted by molar-refractivity contribution is 7.84. The van der Waals surface area contributed by atoms with Crippen molar-refractivity contribution in [3.05, 3.63) is 0 Å². The van der Waals surface area contributed by atoms with Crippen LogP contribution in [-0.4, -0.2) is 34.8 Å². The second-order valence-corrected chi connectivity index (χ2v) is 5.76. The van der Waals surface area contributed by atoms with Crippen LogP contribution in [0.25, 0.3) is 0 Å². The maximum absolute atomic E-state index is 10.8. The molecule has 3 unspecified atom stereocenters. The second-order valence-electron chi connectivity index (χ2n) is 4.21. The molecule has 1 rings (SSSR count). The summed E-state index contributed by atoms with van der Waals surface area (Å²) < 4.78 is 10.8. The molecule has 84 valence electrons. The van der Waals surface area contributed by atoms with Crippen LogP contribution in [0, 0.1) is 0 Å². The quantitative estimate of drug-likeness (QED) is 0.665. The van der Waals surface area contributed by atoms with Crippen LogP contribution in [0.4, 0.5) is 0 Å². The third-order valence-electron chi connectivity index (χ3n) is 2.76. The van der Waals surface area contributed by atoms with E-state index >= 15 is 0 Å². The summed E-state index contributed by atoms with van der Waals surface area (Å²) in [5.74, 6) is 0.811. The molecule has 0 aromatic carbocycles. The van der Waals surface area contributed by atoms with Gasteiger partial charge in [0.25, 0.3) is 0 Å². The van der Waals surface area contributed by atoms with Crippen molar-refractivity contribution in [2.45, 2.75) is 44.2 Å². The zero-order valence-electron chi connectivity index (χ0n) is 9.00. The van der Waals surface area contributed by atoms with Crippen molar-refractivity contribution >= 4 is 10.8 Å². The summed E-state index contributed by atoms with van der Waals surface area (Å²) in [5, 5.41) is 3.49. The van der Waals surface area contributed by atoms with Crippen LogP contribution in [0.5, 0.6) is 0 Å². The molecule has 0 aromatic rings. The summed E-state index contributed by atoms with van der Waals surface area (Å²) in [6, 6.07) is 0.991. The number of rotatable bonds is 5. The van der Waals surface area contributed by atoms with Crippen LogP contribution in [0.15, 0.2) is 0 Å². The zero-order chi connectivity index (χ0) is 10.4. The highest BCUT2D eigenvalue weighted by Gasteiger charge is 2.17. The van der Waals surface area contributed by atoms with Crippen LogP contribution in [-0.2, 0) is 10.8 Å². The van der Waals surface area contributed by atoms with Gasteiger partial charge >= 0.3 is 0 Å². The molecule has 0 aliphatic heterocycles. The minimum absolute atomic E-state index is 0.390. The van der Waals surface area contributed by atoms with Gasteiger partial charge in [-0.1, -0.05) is 6.42 Å². The first-order chi connectivity index (χ1) is 6.68. The SMILES string of the molecule is CS(=O)CCCNC1CCCC(N)C1. The zero-order valence-corrected chi connectivity index (χ0v) is 9.81. The van der Waals surface area contributed by atoms with Crippen molar-refractivity contribution in [2.75, 3.05) is 18.6 Å². The van der Waals surface area contributed by atoms with Crippen molar-refractivity contribution in [3.8, 4) is 0 Å². The fraction of sp³-hybridized carbons (Fsp3) is 1.00. The Hall–Kier alpha value is 0.0700. The van der Waals surface area contributed by atoms with Crippen LogP contribution >= 0.6 is 0 Å². The predicted octanol–water partition coefficient (Wildman–Crippen LogP) is 0.614. The second kappa shape index (κ2) is 6.53. The summed E-state index contributed by atoms with van der Waals surface area (Å²) >= 11 is 0. The van der Waals surface area contributed by atoms with Gasteiger partial charge in [-0.15, -0.1) is 0 Å². The molecule has 0 aromatic heterocycles. The average molecular weight is 218 g/mol. The molecule has 0 saturated heterocycles. The molecule has 3 atom stereocenters. The normalized spacial score (nSPS) is 30.1. The lowest BCUT2D eigenvalue weighted by Crippen LogP contribution is -2.39. The van der Waals surface area contributed by atoms with Gasteiger partial charge < -0.3 is 11.1 Å². The maximum atomic E-state index is 10.8. The third-order valence-corrected chi connectivity index (χ3v) is 3.62. The van der Waals surface area contributed by atoms with Crippen LogP contribution in [0.2, 0.25) is 0 Å². The molecule has 3 N–H and O–H groups in total. The van der Waals surface area contributed by atoms with E-state index in [9.17, 15) is 4.21 Å². The first-order valence-corrected chi connectivity index (χ1v) is 7.20. The molecule has 0 bridgehead atoms. The van der Waals surface area contributed by atoms with Gasteiger partial charge in [-0.25, -0.2) is 0 Å². The Balaban J connectivity index is 2.03. The summed E-state index contributed by atoms with van der Waals surface area (Å²) in [6.45, 7) is 0.983. The molecule has 1 aliphatic carbocycles. The van der Waals surface area contributed by atoms with Gasteiger partial charge in [-0.05, 0) is 32.2 Å². The van der Waals surface area contributed by atoms with E-state index < -0.39 is 10.8 Å². The number of nitrogens with one attached hydrogen (secondary N) is 1. The van der Waals surface area contributed by atoms with Crippen molar-refractivity contribution in [1.82, 2.24) is 5.32 Å². The van der Waals surface area contributed by atoms with Crippen molar-refractivity contribution in [3.63, 3.8) is 0 Å². The van der Waals surface area contributed by atoms with E-state index in [1.165, 1.54) is 19.3 Å². The highest BCUT2D eigenvalue weighted by Crippen LogP contribution is 2.16. The number of hydrogen-bond acceptors (Lipinski definition) is 3. The van der Waals surface area contributed by atoms with E-state index in [0.717, 1.165) is 25.1 Å². The molecule has 1 saturated carbocycles. The molecule has 1 aliphatic rings. The minimum Gasteiger partial charge on any atom is -0.328 e. The van der Waals surface area contributed by atoms with E-state index in [-0.39, 0.29) is 0 Å². The predicted molar refractivity (Wildman–Crippen MR) is 61.8 cm³/mol. The Labute approximate surface area is 89.3 Å². The molecule has 0 heterocycles. The topological polar surface area (TPSA) is 55.1 Å². The van der Waals surface area contributed by atoms with Crippen molar-refractivity contribution < 1.29 is 4.21 Å². The Morgan fingerprint density at radius 3 is 2.93 bits per heavy atom. The lowest BCUT2D eigenvalue weighted by Gasteiger charge is -2.27. The Kier molecular flexibility index (Phi) is 5.67. The average Bonchev–Trinajstić information content (AvgIpc) is 2.12. The van der Waals surface area contributed by atoms with E-state index in [4.69, 9.17) is 5.73 Å². The fourth-order valence-corrected chi connectivity index (χ4v) is 2.55. The number of hydrogen-bond donors (Lipinski definition) is 2. The van der Waals surface area contributed by atoms with Crippen molar-refractivity contribution in [1.29, 1.82) is 0 Å². The molecule has 3 nitrogen and oxygen atoms in total. The molecular formula is C10H22N2OS. The Morgan fingerprint density at radius 2 is 2.29 bits per heavy atom. The van der Waals surface area contributed by atoms with Gasteiger partial charge in [0.05, 0.1) is 0 Å². The van der Waals surface area contributed by atoms with E-state index in [1.54, 1.807) is 6.26 Å². The standard InChI is InChI=1S/C10H22N2OS/c1-14(13)7-3-6-12-10-5-2-4-9(11)8-10/h9-10,12H,2-8,11H2,1H3. The largest absolute Gasteiger partial charge is 0.328 e.